The molecule has 2 aromatic rings. The van der Waals surface area contributed by atoms with Gasteiger partial charge in [0, 0.05) is 25.5 Å². The van der Waals surface area contributed by atoms with Crippen molar-refractivity contribution in [3.63, 3.8) is 0 Å². The van der Waals surface area contributed by atoms with E-state index in [1.54, 1.807) is 23.0 Å². The summed E-state index contributed by atoms with van der Waals surface area (Å²) >= 11 is 0. The van der Waals surface area contributed by atoms with Crippen molar-refractivity contribution in [3.05, 3.63) is 60.4 Å². The molecule has 0 radical (unpaired) electrons. The summed E-state index contributed by atoms with van der Waals surface area (Å²) in [4.78, 5) is 32.9. The first-order valence-corrected chi connectivity index (χ1v) is 8.42. The summed E-state index contributed by atoms with van der Waals surface area (Å²) in [5.74, 6) is -0.0497. The van der Waals surface area contributed by atoms with Crippen molar-refractivity contribution in [1.82, 2.24) is 14.8 Å². The lowest BCUT2D eigenvalue weighted by Gasteiger charge is -2.28. The Labute approximate surface area is 147 Å². The molecule has 1 aliphatic heterocycles. The molecule has 3 rings (SSSR count). The molecule has 0 aliphatic carbocycles. The predicted molar refractivity (Wildman–Crippen MR) is 95.9 cm³/mol. The van der Waals surface area contributed by atoms with E-state index in [0.717, 1.165) is 17.8 Å². The van der Waals surface area contributed by atoms with Crippen LogP contribution in [0.5, 0.6) is 0 Å². The van der Waals surface area contributed by atoms with Gasteiger partial charge in [0.1, 0.15) is 6.04 Å². The number of carbonyl (C=O) groups excluding carboxylic acids is 2. The lowest BCUT2D eigenvalue weighted by molar-refractivity contribution is -0.134. The SMILES string of the molecule is CN(Cc1ccccn1)C(=O)[C@@H]1CCCN1C(=O)Nc1ccccc1. The van der Waals surface area contributed by atoms with Crippen LogP contribution in [0.2, 0.25) is 0 Å². The van der Waals surface area contributed by atoms with Gasteiger partial charge in [-0.1, -0.05) is 24.3 Å². The Morgan fingerprint density at radius 1 is 1.20 bits per heavy atom. The van der Waals surface area contributed by atoms with Gasteiger partial charge in [-0.2, -0.15) is 0 Å². The van der Waals surface area contributed by atoms with Crippen molar-refractivity contribution in [2.24, 2.45) is 0 Å². The van der Waals surface area contributed by atoms with Crippen LogP contribution in [-0.4, -0.2) is 46.4 Å². The summed E-state index contributed by atoms with van der Waals surface area (Å²) in [6.45, 7) is 1.02. The Balaban J connectivity index is 1.64. The van der Waals surface area contributed by atoms with E-state index < -0.39 is 6.04 Å². The number of amides is 3. The second kappa shape index (κ2) is 7.79. The molecule has 1 fully saturated rings. The van der Waals surface area contributed by atoms with E-state index in [1.807, 2.05) is 48.5 Å². The Morgan fingerprint density at radius 3 is 2.68 bits per heavy atom. The molecule has 0 bridgehead atoms. The van der Waals surface area contributed by atoms with Crippen molar-refractivity contribution in [2.45, 2.75) is 25.4 Å². The minimum Gasteiger partial charge on any atom is -0.338 e. The molecule has 1 aromatic heterocycles. The van der Waals surface area contributed by atoms with Crippen LogP contribution in [-0.2, 0) is 11.3 Å². The molecule has 2 heterocycles. The summed E-state index contributed by atoms with van der Waals surface area (Å²) in [7, 11) is 1.75. The van der Waals surface area contributed by atoms with Gasteiger partial charge in [0.05, 0.1) is 12.2 Å². The van der Waals surface area contributed by atoms with E-state index in [-0.39, 0.29) is 11.9 Å². The maximum absolute atomic E-state index is 12.8. The third-order valence-corrected chi connectivity index (χ3v) is 4.33. The van der Waals surface area contributed by atoms with Crippen LogP contribution in [0.3, 0.4) is 0 Å². The maximum atomic E-state index is 12.8. The number of carbonyl (C=O) groups is 2. The monoisotopic (exact) mass is 338 g/mol. The third kappa shape index (κ3) is 4.15. The largest absolute Gasteiger partial charge is 0.338 e. The zero-order chi connectivity index (χ0) is 17.6. The van der Waals surface area contributed by atoms with Crippen LogP contribution in [0, 0.1) is 0 Å². The molecule has 0 spiro atoms. The first-order chi connectivity index (χ1) is 12.1. The lowest BCUT2D eigenvalue weighted by Crippen LogP contribution is -2.47. The molecule has 1 aromatic carbocycles. The molecule has 0 unspecified atom stereocenters. The molecule has 3 amide bonds. The molecule has 1 saturated heterocycles. The van der Waals surface area contributed by atoms with Gasteiger partial charge < -0.3 is 15.1 Å². The molecule has 130 valence electrons. The number of para-hydroxylation sites is 1. The lowest BCUT2D eigenvalue weighted by atomic mass is 10.2. The number of nitrogens with one attached hydrogen (secondary N) is 1. The maximum Gasteiger partial charge on any atom is 0.322 e. The van der Waals surface area contributed by atoms with Crippen LogP contribution >= 0.6 is 0 Å². The fraction of sp³-hybridized carbons (Fsp3) is 0.316. The summed E-state index contributed by atoms with van der Waals surface area (Å²) < 4.78 is 0. The van der Waals surface area contributed by atoms with Crippen LogP contribution in [0.1, 0.15) is 18.5 Å². The molecule has 25 heavy (non-hydrogen) atoms. The number of pyridine rings is 1. The van der Waals surface area contributed by atoms with E-state index in [0.29, 0.717) is 19.5 Å². The molecule has 1 aliphatic rings. The molecular formula is C19H22N4O2. The normalized spacial score (nSPS) is 16.5. The number of hydrogen-bond acceptors (Lipinski definition) is 3. The zero-order valence-corrected chi connectivity index (χ0v) is 14.3. The summed E-state index contributed by atoms with van der Waals surface area (Å²) in [5.41, 5.74) is 1.56. The molecule has 0 saturated carbocycles. The van der Waals surface area contributed by atoms with E-state index in [1.165, 1.54) is 0 Å². The smallest absolute Gasteiger partial charge is 0.322 e. The van der Waals surface area contributed by atoms with E-state index in [2.05, 4.69) is 10.3 Å². The highest BCUT2D eigenvalue weighted by molar-refractivity contribution is 5.94. The highest BCUT2D eigenvalue weighted by Gasteiger charge is 2.35. The first-order valence-electron chi connectivity index (χ1n) is 8.42. The van der Waals surface area contributed by atoms with Crippen molar-refractivity contribution in [3.8, 4) is 0 Å². The Kier molecular flexibility index (Phi) is 5.28. The number of likely N-dealkylation sites (N-methyl/N-ethyl adjacent to an activating group) is 1. The minimum absolute atomic E-state index is 0.0497. The molecule has 6 heteroatoms. The van der Waals surface area contributed by atoms with Crippen LogP contribution in [0.15, 0.2) is 54.7 Å². The fourth-order valence-electron chi connectivity index (χ4n) is 3.05. The van der Waals surface area contributed by atoms with Crippen LogP contribution < -0.4 is 5.32 Å². The number of anilines is 1. The Hall–Kier alpha value is -2.89. The van der Waals surface area contributed by atoms with E-state index in [4.69, 9.17) is 0 Å². The van der Waals surface area contributed by atoms with Crippen molar-refractivity contribution in [2.75, 3.05) is 18.9 Å². The number of aromatic nitrogens is 1. The van der Waals surface area contributed by atoms with Gasteiger partial charge in [-0.3, -0.25) is 9.78 Å². The zero-order valence-electron chi connectivity index (χ0n) is 14.3. The first kappa shape index (κ1) is 17.0. The molecule has 1 N–H and O–H groups in total. The summed E-state index contributed by atoms with van der Waals surface area (Å²) in [5, 5.41) is 2.86. The number of nitrogens with zero attached hydrogens (tertiary/aromatic N) is 3. The fourth-order valence-corrected chi connectivity index (χ4v) is 3.05. The van der Waals surface area contributed by atoms with Gasteiger partial charge in [0.25, 0.3) is 0 Å². The minimum atomic E-state index is -0.419. The predicted octanol–water partition coefficient (Wildman–Crippen LogP) is 2.74. The quantitative estimate of drug-likeness (QED) is 0.932. The van der Waals surface area contributed by atoms with Gasteiger partial charge >= 0.3 is 6.03 Å². The van der Waals surface area contributed by atoms with Gasteiger partial charge in [-0.25, -0.2) is 4.79 Å². The molecule has 1 atom stereocenters. The third-order valence-electron chi connectivity index (χ3n) is 4.33. The number of urea groups is 1. The molecular weight excluding hydrogens is 316 g/mol. The summed E-state index contributed by atoms with van der Waals surface area (Å²) in [6.07, 6.45) is 3.23. The Morgan fingerprint density at radius 2 is 1.96 bits per heavy atom. The Bertz CT molecular complexity index is 721. The second-order valence-corrected chi connectivity index (χ2v) is 6.16. The number of hydrogen-bond donors (Lipinski definition) is 1. The average molecular weight is 338 g/mol. The number of benzene rings is 1. The highest BCUT2D eigenvalue weighted by Crippen LogP contribution is 2.21. The van der Waals surface area contributed by atoms with Gasteiger partial charge in [0.2, 0.25) is 5.91 Å². The van der Waals surface area contributed by atoms with Gasteiger partial charge in [-0.15, -0.1) is 0 Å². The van der Waals surface area contributed by atoms with Gasteiger partial charge in [-0.05, 0) is 37.1 Å². The van der Waals surface area contributed by atoms with E-state index in [9.17, 15) is 9.59 Å². The summed E-state index contributed by atoms with van der Waals surface area (Å²) in [6, 6.07) is 14.3. The van der Waals surface area contributed by atoms with E-state index >= 15 is 0 Å². The number of likely N-dealkylation sites (tertiary alicyclic amines) is 1. The standard InChI is InChI=1S/C19H22N4O2/c1-22(14-16-10-5-6-12-20-16)18(24)17-11-7-13-23(17)19(25)21-15-8-3-2-4-9-15/h2-6,8-10,12,17H,7,11,13-14H2,1H3,(H,21,25)/t17-/m0/s1. The molecule has 6 nitrogen and oxygen atoms in total. The van der Waals surface area contributed by atoms with Gasteiger partial charge in [0.15, 0.2) is 0 Å². The van der Waals surface area contributed by atoms with Crippen molar-refractivity contribution < 1.29 is 9.59 Å². The van der Waals surface area contributed by atoms with Crippen LogP contribution in [0.25, 0.3) is 0 Å². The second-order valence-electron chi connectivity index (χ2n) is 6.16. The van der Waals surface area contributed by atoms with Crippen molar-refractivity contribution >= 4 is 17.6 Å². The number of rotatable bonds is 4. The van der Waals surface area contributed by atoms with Crippen LogP contribution in [0.4, 0.5) is 10.5 Å². The average Bonchev–Trinajstić information content (AvgIpc) is 3.12. The topological polar surface area (TPSA) is 65.5 Å². The van der Waals surface area contributed by atoms with Crippen molar-refractivity contribution in [1.29, 1.82) is 0 Å². The highest BCUT2D eigenvalue weighted by atomic mass is 16.2.